The van der Waals surface area contributed by atoms with Gasteiger partial charge < -0.3 is 4.52 Å². The van der Waals surface area contributed by atoms with Crippen molar-refractivity contribution >= 4 is 0 Å². The summed E-state index contributed by atoms with van der Waals surface area (Å²) in [6.07, 6.45) is 4.90. The fourth-order valence-electron chi connectivity index (χ4n) is 2.13. The molecule has 1 saturated carbocycles. The summed E-state index contributed by atoms with van der Waals surface area (Å²) >= 11 is 0. The molecule has 78 valence electrons. The zero-order chi connectivity index (χ0) is 10.2. The third-order valence-electron chi connectivity index (χ3n) is 3.23. The maximum absolute atomic E-state index is 5.21. The summed E-state index contributed by atoms with van der Waals surface area (Å²) < 4.78 is 5.21. The molecule has 1 aliphatic rings. The van der Waals surface area contributed by atoms with E-state index in [0.29, 0.717) is 11.3 Å². The van der Waals surface area contributed by atoms with E-state index in [-0.39, 0.29) is 0 Å². The third-order valence-corrected chi connectivity index (χ3v) is 3.23. The van der Waals surface area contributed by atoms with Gasteiger partial charge in [-0.05, 0) is 38.0 Å². The van der Waals surface area contributed by atoms with Crippen LogP contribution in [0.3, 0.4) is 0 Å². The van der Waals surface area contributed by atoms with Crippen LogP contribution in [0.5, 0.6) is 0 Å². The Labute approximate surface area is 84.9 Å². The van der Waals surface area contributed by atoms with Crippen LogP contribution in [0.4, 0.5) is 0 Å². The summed E-state index contributed by atoms with van der Waals surface area (Å²) in [5.74, 6) is 2.10. The van der Waals surface area contributed by atoms with Gasteiger partial charge in [0.05, 0.1) is 0 Å². The maximum Gasteiger partial charge on any atom is 0.229 e. The molecular weight excluding hydrogens is 176 g/mol. The first-order valence-corrected chi connectivity index (χ1v) is 5.37. The van der Waals surface area contributed by atoms with Crippen LogP contribution in [0.15, 0.2) is 4.52 Å². The minimum Gasteiger partial charge on any atom is -0.339 e. The molecule has 0 amide bonds. The van der Waals surface area contributed by atoms with Gasteiger partial charge in [0.25, 0.3) is 0 Å². The van der Waals surface area contributed by atoms with Crippen LogP contribution in [0.25, 0.3) is 0 Å². The molecule has 0 unspecified atom stereocenters. The number of rotatable bonds is 1. The van der Waals surface area contributed by atoms with Crippen LogP contribution in [0.2, 0.25) is 0 Å². The Morgan fingerprint density at radius 1 is 1.29 bits per heavy atom. The van der Waals surface area contributed by atoms with E-state index < -0.39 is 0 Å². The molecule has 3 heteroatoms. The van der Waals surface area contributed by atoms with Crippen molar-refractivity contribution in [2.75, 3.05) is 0 Å². The number of aryl methyl sites for hydroxylation is 1. The second-order valence-electron chi connectivity index (χ2n) is 5.12. The largest absolute Gasteiger partial charge is 0.339 e. The number of aromatic nitrogens is 2. The molecular formula is C11H18N2O. The van der Waals surface area contributed by atoms with Crippen molar-refractivity contribution in [1.82, 2.24) is 10.1 Å². The molecule has 0 N–H and O–H groups in total. The summed E-state index contributed by atoms with van der Waals surface area (Å²) in [5, 5.41) is 3.84. The van der Waals surface area contributed by atoms with Gasteiger partial charge in [-0.15, -0.1) is 0 Å². The van der Waals surface area contributed by atoms with Crippen molar-refractivity contribution in [3.05, 3.63) is 11.7 Å². The first-order valence-electron chi connectivity index (χ1n) is 5.37. The molecule has 0 saturated heterocycles. The lowest BCUT2D eigenvalue weighted by Gasteiger charge is -2.32. The van der Waals surface area contributed by atoms with Crippen LogP contribution >= 0.6 is 0 Å². The van der Waals surface area contributed by atoms with Crippen molar-refractivity contribution in [1.29, 1.82) is 0 Å². The highest BCUT2D eigenvalue weighted by molar-refractivity contribution is 4.96. The minimum atomic E-state index is 0.504. The van der Waals surface area contributed by atoms with E-state index in [1.54, 1.807) is 0 Å². The van der Waals surface area contributed by atoms with E-state index >= 15 is 0 Å². The third kappa shape index (κ3) is 1.97. The molecule has 0 spiro atoms. The number of hydrogen-bond donors (Lipinski definition) is 0. The van der Waals surface area contributed by atoms with Gasteiger partial charge >= 0.3 is 0 Å². The first-order chi connectivity index (χ1) is 6.57. The zero-order valence-electron chi connectivity index (χ0n) is 9.21. The summed E-state index contributed by atoms with van der Waals surface area (Å²) in [5.41, 5.74) is 0.506. The summed E-state index contributed by atoms with van der Waals surface area (Å²) in [6.45, 7) is 6.55. The van der Waals surface area contributed by atoms with Gasteiger partial charge in [-0.2, -0.15) is 4.98 Å². The molecule has 0 aromatic carbocycles. The second kappa shape index (κ2) is 3.37. The molecule has 2 rings (SSSR count). The summed E-state index contributed by atoms with van der Waals surface area (Å²) in [4.78, 5) is 4.30. The fraction of sp³-hybridized carbons (Fsp3) is 0.818. The van der Waals surface area contributed by atoms with Crippen LogP contribution in [-0.4, -0.2) is 10.1 Å². The Kier molecular flexibility index (Phi) is 2.33. The first kappa shape index (κ1) is 9.69. The van der Waals surface area contributed by atoms with E-state index in [2.05, 4.69) is 24.0 Å². The Morgan fingerprint density at radius 2 is 1.93 bits per heavy atom. The monoisotopic (exact) mass is 194 g/mol. The number of hydrogen-bond acceptors (Lipinski definition) is 3. The molecule has 0 aliphatic heterocycles. The highest BCUT2D eigenvalue weighted by Gasteiger charge is 2.30. The molecule has 1 aromatic heterocycles. The van der Waals surface area contributed by atoms with Gasteiger partial charge in [0.2, 0.25) is 5.89 Å². The standard InChI is InChI=1S/C11H18N2O/c1-8-12-10(14-13-8)9-4-6-11(2,3)7-5-9/h9H,4-7H2,1-3H3. The fourth-order valence-corrected chi connectivity index (χ4v) is 2.13. The van der Waals surface area contributed by atoms with Crippen LogP contribution in [0.1, 0.15) is 57.2 Å². The SMILES string of the molecule is Cc1noc(C2CCC(C)(C)CC2)n1. The van der Waals surface area contributed by atoms with Crippen molar-refractivity contribution in [2.45, 2.75) is 52.4 Å². The van der Waals surface area contributed by atoms with E-state index in [1.165, 1.54) is 25.7 Å². The van der Waals surface area contributed by atoms with Gasteiger partial charge in [0, 0.05) is 5.92 Å². The summed E-state index contributed by atoms with van der Waals surface area (Å²) in [7, 11) is 0. The lowest BCUT2D eigenvalue weighted by atomic mass is 9.73. The van der Waals surface area contributed by atoms with Gasteiger partial charge in [-0.1, -0.05) is 19.0 Å². The van der Waals surface area contributed by atoms with Crippen molar-refractivity contribution in [3.8, 4) is 0 Å². The van der Waals surface area contributed by atoms with E-state index in [1.807, 2.05) is 6.92 Å². The molecule has 1 aliphatic carbocycles. The van der Waals surface area contributed by atoms with E-state index in [9.17, 15) is 0 Å². The van der Waals surface area contributed by atoms with Crippen LogP contribution < -0.4 is 0 Å². The lowest BCUT2D eigenvalue weighted by molar-refractivity contribution is 0.202. The lowest BCUT2D eigenvalue weighted by Crippen LogP contribution is -2.20. The number of nitrogens with zero attached hydrogens (tertiary/aromatic N) is 2. The molecule has 0 atom stereocenters. The van der Waals surface area contributed by atoms with Gasteiger partial charge in [0.15, 0.2) is 5.82 Å². The predicted octanol–water partition coefficient (Wildman–Crippen LogP) is 3.06. The van der Waals surface area contributed by atoms with Gasteiger partial charge in [-0.25, -0.2) is 0 Å². The smallest absolute Gasteiger partial charge is 0.229 e. The molecule has 1 heterocycles. The van der Waals surface area contributed by atoms with Crippen molar-refractivity contribution in [2.24, 2.45) is 5.41 Å². The van der Waals surface area contributed by atoms with Crippen molar-refractivity contribution < 1.29 is 4.52 Å². The molecule has 0 bridgehead atoms. The topological polar surface area (TPSA) is 38.9 Å². The Morgan fingerprint density at radius 3 is 2.43 bits per heavy atom. The maximum atomic E-state index is 5.21. The summed E-state index contributed by atoms with van der Waals surface area (Å²) in [6, 6.07) is 0. The molecule has 1 aromatic rings. The van der Waals surface area contributed by atoms with Crippen LogP contribution in [-0.2, 0) is 0 Å². The second-order valence-corrected chi connectivity index (χ2v) is 5.12. The molecule has 14 heavy (non-hydrogen) atoms. The quantitative estimate of drug-likeness (QED) is 0.689. The minimum absolute atomic E-state index is 0.504. The Bertz CT molecular complexity index is 307. The highest BCUT2D eigenvalue weighted by atomic mass is 16.5. The van der Waals surface area contributed by atoms with Crippen molar-refractivity contribution in [3.63, 3.8) is 0 Å². The molecule has 1 fully saturated rings. The average molecular weight is 194 g/mol. The van der Waals surface area contributed by atoms with E-state index in [0.717, 1.165) is 11.7 Å². The molecule has 0 radical (unpaired) electrons. The van der Waals surface area contributed by atoms with Gasteiger partial charge in [-0.3, -0.25) is 0 Å². The van der Waals surface area contributed by atoms with Crippen LogP contribution in [0, 0.1) is 12.3 Å². The molecule has 3 nitrogen and oxygen atoms in total. The van der Waals surface area contributed by atoms with E-state index in [4.69, 9.17) is 4.52 Å². The normalized spacial score (nSPS) is 22.5. The average Bonchev–Trinajstić information content (AvgIpc) is 2.52. The predicted molar refractivity (Wildman–Crippen MR) is 54.0 cm³/mol. The highest BCUT2D eigenvalue weighted by Crippen LogP contribution is 2.41. The Balaban J connectivity index is 2.02. The Hall–Kier alpha value is -0.860. The zero-order valence-corrected chi connectivity index (χ0v) is 9.21. The van der Waals surface area contributed by atoms with Gasteiger partial charge in [0.1, 0.15) is 0 Å².